The first kappa shape index (κ1) is 26.4. The molecule has 0 saturated carbocycles. The van der Waals surface area contributed by atoms with Crippen molar-refractivity contribution in [1.29, 1.82) is 0 Å². The molecule has 1 aromatic carbocycles. The summed E-state index contributed by atoms with van der Waals surface area (Å²) in [6, 6.07) is 7.16. The quantitative estimate of drug-likeness (QED) is 0.176. The number of hydrogen-bond donors (Lipinski definition) is 1. The summed E-state index contributed by atoms with van der Waals surface area (Å²) in [6.45, 7) is 7.03. The van der Waals surface area contributed by atoms with Gasteiger partial charge in [0, 0.05) is 38.3 Å². The Morgan fingerprint density at radius 1 is 1.11 bits per heavy atom. The maximum Gasteiger partial charge on any atom is 0.341 e. The van der Waals surface area contributed by atoms with Crippen LogP contribution in [0.2, 0.25) is 5.02 Å². The lowest BCUT2D eigenvalue weighted by Gasteiger charge is -2.10. The Hall–Kier alpha value is -2.66. The van der Waals surface area contributed by atoms with Crippen LogP contribution in [0.1, 0.15) is 34.1 Å². The van der Waals surface area contributed by atoms with Crippen LogP contribution >= 0.6 is 46.0 Å². The number of rotatable bonds is 9. The van der Waals surface area contributed by atoms with Crippen LogP contribution in [0.5, 0.6) is 0 Å². The lowest BCUT2D eigenvalue weighted by Crippen LogP contribution is -2.16. The van der Waals surface area contributed by atoms with Crippen molar-refractivity contribution in [2.45, 2.75) is 38.9 Å². The fraction of sp³-hybridized carbons (Fsp3) is 0.280. The number of anilines is 1. The molecule has 0 radical (unpaired) electrons. The van der Waals surface area contributed by atoms with E-state index in [9.17, 15) is 9.59 Å². The van der Waals surface area contributed by atoms with Crippen molar-refractivity contribution in [2.75, 3.05) is 18.2 Å². The number of aryl methyl sites for hydroxylation is 1. The van der Waals surface area contributed by atoms with Gasteiger partial charge in [0.25, 0.3) is 0 Å². The minimum absolute atomic E-state index is 0.123. The van der Waals surface area contributed by atoms with E-state index in [0.29, 0.717) is 26.3 Å². The van der Waals surface area contributed by atoms with Gasteiger partial charge in [0.2, 0.25) is 5.91 Å². The summed E-state index contributed by atoms with van der Waals surface area (Å²) in [4.78, 5) is 26.7. The maximum atomic E-state index is 12.9. The van der Waals surface area contributed by atoms with Crippen molar-refractivity contribution in [3.8, 4) is 22.5 Å². The summed E-state index contributed by atoms with van der Waals surface area (Å²) >= 11 is 10.3. The fourth-order valence-corrected chi connectivity index (χ4v) is 6.37. The largest absolute Gasteiger partial charge is 0.465 e. The molecule has 188 valence electrons. The number of aromatic nitrogens is 3. The van der Waals surface area contributed by atoms with E-state index in [2.05, 4.69) is 46.2 Å². The Bertz CT molecular complexity index is 1390. The lowest BCUT2D eigenvalue weighted by molar-refractivity contribution is -0.113. The predicted molar refractivity (Wildman–Crippen MR) is 149 cm³/mol. The van der Waals surface area contributed by atoms with Gasteiger partial charge in [0.15, 0.2) is 11.0 Å². The number of halogens is 1. The normalized spacial score (nSPS) is 11.0. The van der Waals surface area contributed by atoms with Crippen molar-refractivity contribution in [1.82, 2.24) is 14.8 Å². The average molecular weight is 561 g/mol. The van der Waals surface area contributed by atoms with E-state index in [0.717, 1.165) is 29.9 Å². The molecule has 0 unspecified atom stereocenters. The SMILES string of the molecule is CCCn1c(SCC(=O)Nc2scc(-c3ccc(Cl)cc3)c2C(=O)OC)nnc1-c1csc(C)c1C. The van der Waals surface area contributed by atoms with Crippen LogP contribution in [-0.4, -0.2) is 39.5 Å². The first-order valence-electron chi connectivity index (χ1n) is 11.2. The molecule has 0 saturated heterocycles. The van der Waals surface area contributed by atoms with E-state index >= 15 is 0 Å². The lowest BCUT2D eigenvalue weighted by atomic mass is 10.0. The summed E-state index contributed by atoms with van der Waals surface area (Å²) < 4.78 is 7.06. The highest BCUT2D eigenvalue weighted by molar-refractivity contribution is 7.99. The number of methoxy groups -OCH3 is 1. The second-order valence-corrected chi connectivity index (χ2v) is 11.3. The molecule has 0 atom stereocenters. The number of hydrogen-bond acceptors (Lipinski definition) is 8. The number of esters is 1. The first-order valence-corrected chi connectivity index (χ1v) is 14.3. The molecule has 0 spiro atoms. The highest BCUT2D eigenvalue weighted by Crippen LogP contribution is 2.37. The minimum Gasteiger partial charge on any atom is -0.465 e. The summed E-state index contributed by atoms with van der Waals surface area (Å²) in [5, 5.41) is 17.3. The van der Waals surface area contributed by atoms with Gasteiger partial charge in [-0.2, -0.15) is 0 Å². The van der Waals surface area contributed by atoms with Gasteiger partial charge >= 0.3 is 5.97 Å². The summed E-state index contributed by atoms with van der Waals surface area (Å²) in [5.74, 6) is 0.182. The molecule has 4 rings (SSSR count). The number of carbonyl (C=O) groups excluding carboxylic acids is 2. The average Bonchev–Trinajstić information content (AvgIpc) is 3.56. The third-order valence-electron chi connectivity index (χ3n) is 5.61. The Morgan fingerprint density at radius 3 is 2.47 bits per heavy atom. The van der Waals surface area contributed by atoms with Gasteiger partial charge in [0.05, 0.1) is 12.9 Å². The Labute approximate surface area is 226 Å². The van der Waals surface area contributed by atoms with Gasteiger partial charge in [-0.25, -0.2) is 4.79 Å². The van der Waals surface area contributed by atoms with E-state index in [-0.39, 0.29) is 11.7 Å². The second-order valence-electron chi connectivity index (χ2n) is 7.98. The third kappa shape index (κ3) is 5.51. The molecule has 0 fully saturated rings. The van der Waals surface area contributed by atoms with Crippen molar-refractivity contribution in [2.24, 2.45) is 0 Å². The molecule has 3 heterocycles. The van der Waals surface area contributed by atoms with Crippen LogP contribution in [0, 0.1) is 13.8 Å². The molecule has 36 heavy (non-hydrogen) atoms. The van der Waals surface area contributed by atoms with Gasteiger partial charge in [0.1, 0.15) is 10.6 Å². The van der Waals surface area contributed by atoms with Gasteiger partial charge in [-0.1, -0.05) is 42.4 Å². The topological polar surface area (TPSA) is 86.1 Å². The molecule has 0 aliphatic rings. The van der Waals surface area contributed by atoms with Crippen LogP contribution in [0.3, 0.4) is 0 Å². The van der Waals surface area contributed by atoms with Crippen molar-refractivity contribution in [3.05, 3.63) is 56.1 Å². The van der Waals surface area contributed by atoms with Crippen LogP contribution in [-0.2, 0) is 16.1 Å². The number of nitrogens with one attached hydrogen (secondary N) is 1. The van der Waals surface area contributed by atoms with E-state index < -0.39 is 5.97 Å². The van der Waals surface area contributed by atoms with Crippen molar-refractivity contribution < 1.29 is 14.3 Å². The summed E-state index contributed by atoms with van der Waals surface area (Å²) in [5.41, 5.74) is 4.09. The fourth-order valence-electron chi connectivity index (χ4n) is 3.64. The number of nitrogens with zero attached hydrogens (tertiary/aromatic N) is 3. The smallest absolute Gasteiger partial charge is 0.341 e. The molecule has 1 N–H and O–H groups in total. The molecule has 11 heteroatoms. The Morgan fingerprint density at radius 2 is 1.83 bits per heavy atom. The second kappa shape index (κ2) is 11.6. The van der Waals surface area contributed by atoms with E-state index in [1.54, 1.807) is 23.5 Å². The van der Waals surface area contributed by atoms with Crippen LogP contribution in [0.25, 0.3) is 22.5 Å². The number of thioether (sulfide) groups is 1. The highest BCUT2D eigenvalue weighted by atomic mass is 35.5. The molecule has 3 aromatic heterocycles. The minimum atomic E-state index is -0.516. The standard InChI is InChI=1S/C25H25ClN4O3S3/c1-5-10-30-22(18-11-34-15(3)14(18)2)28-29-25(30)36-13-20(31)27-23-21(24(32)33-4)19(12-35-23)16-6-8-17(26)9-7-16/h6-9,11-12H,5,10,13H2,1-4H3,(H,27,31). The zero-order valence-electron chi connectivity index (χ0n) is 20.3. The zero-order valence-corrected chi connectivity index (χ0v) is 23.5. The molecule has 7 nitrogen and oxygen atoms in total. The van der Waals surface area contributed by atoms with Crippen LogP contribution < -0.4 is 5.32 Å². The summed E-state index contributed by atoms with van der Waals surface area (Å²) in [6.07, 6.45) is 0.915. The monoisotopic (exact) mass is 560 g/mol. The Balaban J connectivity index is 1.52. The molecular formula is C25H25ClN4O3S3. The van der Waals surface area contributed by atoms with E-state index in [4.69, 9.17) is 16.3 Å². The summed E-state index contributed by atoms with van der Waals surface area (Å²) in [7, 11) is 1.32. The van der Waals surface area contributed by atoms with Crippen LogP contribution in [0.15, 0.2) is 40.2 Å². The molecule has 0 aliphatic carbocycles. The third-order valence-corrected chi connectivity index (χ3v) is 8.74. The zero-order chi connectivity index (χ0) is 25.8. The predicted octanol–water partition coefficient (Wildman–Crippen LogP) is 6.93. The molecule has 1 amide bonds. The van der Waals surface area contributed by atoms with Gasteiger partial charge in [-0.3, -0.25) is 4.79 Å². The van der Waals surface area contributed by atoms with Gasteiger partial charge < -0.3 is 14.6 Å². The first-order chi connectivity index (χ1) is 17.3. The number of thiophene rings is 2. The van der Waals surface area contributed by atoms with Crippen molar-refractivity contribution in [3.63, 3.8) is 0 Å². The number of benzene rings is 1. The van der Waals surface area contributed by atoms with Gasteiger partial charge in [-0.05, 0) is 43.5 Å². The molecule has 4 aromatic rings. The molecular weight excluding hydrogens is 536 g/mol. The molecule has 0 aliphatic heterocycles. The Kier molecular flexibility index (Phi) is 8.50. The number of carbonyl (C=O) groups is 2. The maximum absolute atomic E-state index is 12.9. The van der Waals surface area contributed by atoms with E-state index in [1.807, 2.05) is 17.5 Å². The van der Waals surface area contributed by atoms with E-state index in [1.165, 1.54) is 40.6 Å². The highest BCUT2D eigenvalue weighted by Gasteiger charge is 2.23. The van der Waals surface area contributed by atoms with Gasteiger partial charge in [-0.15, -0.1) is 32.9 Å². The molecule has 0 bridgehead atoms. The van der Waals surface area contributed by atoms with Crippen LogP contribution in [0.4, 0.5) is 5.00 Å². The number of amides is 1. The van der Waals surface area contributed by atoms with Crippen molar-refractivity contribution >= 4 is 62.9 Å². The number of ether oxygens (including phenoxy) is 1.